The number of hydrogen-bond acceptors (Lipinski definition) is 5. The fourth-order valence-electron chi connectivity index (χ4n) is 2.24. The summed E-state index contributed by atoms with van der Waals surface area (Å²) in [5.74, 6) is 0.543. The molecule has 6 nitrogen and oxygen atoms in total. The number of amides is 1. The zero-order valence-corrected chi connectivity index (χ0v) is 14.3. The van der Waals surface area contributed by atoms with Gasteiger partial charge in [-0.25, -0.2) is 13.2 Å². The van der Waals surface area contributed by atoms with Crippen molar-refractivity contribution in [3.8, 4) is 0 Å². The van der Waals surface area contributed by atoms with Crippen molar-refractivity contribution in [2.75, 3.05) is 31.6 Å². The summed E-state index contributed by atoms with van der Waals surface area (Å²) in [4.78, 5) is 13.3. The van der Waals surface area contributed by atoms with Crippen molar-refractivity contribution in [2.45, 2.75) is 51.7 Å². The number of sulfone groups is 1. The van der Waals surface area contributed by atoms with Gasteiger partial charge in [-0.15, -0.1) is 0 Å². The first kappa shape index (κ1) is 18.2. The Morgan fingerprint density at radius 3 is 2.62 bits per heavy atom. The van der Waals surface area contributed by atoms with Crippen molar-refractivity contribution in [1.29, 1.82) is 0 Å². The summed E-state index contributed by atoms with van der Waals surface area (Å²) >= 11 is 0. The first-order valence-electron chi connectivity index (χ1n) is 7.47. The lowest BCUT2D eigenvalue weighted by atomic mass is 10.2. The van der Waals surface area contributed by atoms with E-state index in [1.807, 2.05) is 20.8 Å². The average Bonchev–Trinajstić information content (AvgIpc) is 2.31. The number of nitrogens with zero attached hydrogens (tertiary/aromatic N) is 1. The molecule has 1 rings (SSSR count). The predicted octanol–water partition coefficient (Wildman–Crippen LogP) is 1.41. The smallest absolute Gasteiger partial charge is 0.410 e. The molecule has 0 aliphatic carbocycles. The number of rotatable bonds is 5. The van der Waals surface area contributed by atoms with Gasteiger partial charge in [0.2, 0.25) is 0 Å². The van der Waals surface area contributed by atoms with Gasteiger partial charge in [0, 0.05) is 19.6 Å². The van der Waals surface area contributed by atoms with Gasteiger partial charge in [-0.05, 0) is 46.6 Å². The molecule has 1 atom stereocenters. The molecule has 1 saturated heterocycles. The van der Waals surface area contributed by atoms with Crippen molar-refractivity contribution in [3.63, 3.8) is 0 Å². The molecular weight excluding hydrogens is 292 g/mol. The fraction of sp³-hybridized carbons (Fsp3) is 0.929. The van der Waals surface area contributed by atoms with Gasteiger partial charge in [-0.2, -0.15) is 0 Å². The average molecular weight is 320 g/mol. The molecule has 1 aliphatic rings. The number of ether oxygens (including phenoxy) is 1. The third-order valence-corrected chi connectivity index (χ3v) is 5.09. The molecule has 1 aliphatic heterocycles. The molecule has 1 heterocycles. The van der Waals surface area contributed by atoms with Gasteiger partial charge < -0.3 is 15.0 Å². The summed E-state index contributed by atoms with van der Waals surface area (Å²) in [5, 5.41) is 3.26. The molecule has 0 radical (unpaired) electrons. The lowest BCUT2D eigenvalue weighted by Crippen LogP contribution is -2.41. The molecule has 1 amide bonds. The minimum Gasteiger partial charge on any atom is -0.444 e. The minimum absolute atomic E-state index is 0.0515. The van der Waals surface area contributed by atoms with Gasteiger partial charge in [0.1, 0.15) is 5.60 Å². The highest BCUT2D eigenvalue weighted by Gasteiger charge is 2.24. The topological polar surface area (TPSA) is 75.7 Å². The van der Waals surface area contributed by atoms with E-state index in [-0.39, 0.29) is 17.9 Å². The van der Waals surface area contributed by atoms with Gasteiger partial charge in [-0.3, -0.25) is 0 Å². The van der Waals surface area contributed by atoms with E-state index in [9.17, 15) is 13.2 Å². The van der Waals surface area contributed by atoms with Crippen LogP contribution in [-0.2, 0) is 14.6 Å². The maximum absolute atomic E-state index is 11.7. The maximum atomic E-state index is 11.7. The Bertz CT molecular complexity index is 442. The number of carbonyl (C=O) groups is 1. The SMILES string of the molecule is CN(CCCNC1CCCS(=O)(=O)C1)C(=O)OC(C)(C)C. The van der Waals surface area contributed by atoms with Gasteiger partial charge in [0.05, 0.1) is 11.5 Å². The Hall–Kier alpha value is -0.820. The van der Waals surface area contributed by atoms with Crippen molar-refractivity contribution in [3.05, 3.63) is 0 Å². The van der Waals surface area contributed by atoms with E-state index in [1.54, 1.807) is 11.9 Å². The molecule has 1 N–H and O–H groups in total. The van der Waals surface area contributed by atoms with Crippen LogP contribution in [0, 0.1) is 0 Å². The van der Waals surface area contributed by atoms with Crippen LogP contribution >= 0.6 is 0 Å². The summed E-state index contributed by atoms with van der Waals surface area (Å²) in [6.45, 7) is 6.80. The molecule has 0 spiro atoms. The van der Waals surface area contributed by atoms with E-state index in [0.29, 0.717) is 18.8 Å². The van der Waals surface area contributed by atoms with E-state index >= 15 is 0 Å². The van der Waals surface area contributed by atoms with E-state index in [0.717, 1.165) is 19.3 Å². The second-order valence-electron chi connectivity index (χ2n) is 6.66. The second kappa shape index (κ2) is 7.45. The van der Waals surface area contributed by atoms with Gasteiger partial charge in [0.15, 0.2) is 9.84 Å². The highest BCUT2D eigenvalue weighted by Crippen LogP contribution is 2.12. The van der Waals surface area contributed by atoms with E-state index in [4.69, 9.17) is 4.74 Å². The number of carbonyl (C=O) groups excluding carboxylic acids is 1. The van der Waals surface area contributed by atoms with Crippen LogP contribution in [0.4, 0.5) is 4.79 Å². The predicted molar refractivity (Wildman–Crippen MR) is 83.2 cm³/mol. The Morgan fingerprint density at radius 1 is 1.38 bits per heavy atom. The summed E-state index contributed by atoms with van der Waals surface area (Å²) in [5.41, 5.74) is -0.486. The maximum Gasteiger partial charge on any atom is 0.410 e. The normalized spacial score (nSPS) is 21.8. The molecule has 21 heavy (non-hydrogen) atoms. The standard InChI is InChI=1S/C14H28N2O4S/c1-14(2,3)20-13(17)16(4)9-6-8-15-12-7-5-10-21(18,19)11-12/h12,15H,5-11H2,1-4H3. The van der Waals surface area contributed by atoms with Crippen LogP contribution < -0.4 is 5.32 Å². The summed E-state index contributed by atoms with van der Waals surface area (Å²) < 4.78 is 28.3. The molecule has 1 unspecified atom stereocenters. The Labute approximate surface area is 128 Å². The summed E-state index contributed by atoms with van der Waals surface area (Å²) in [6.07, 6.45) is 2.08. The lowest BCUT2D eigenvalue weighted by Gasteiger charge is -2.25. The highest BCUT2D eigenvalue weighted by molar-refractivity contribution is 7.91. The monoisotopic (exact) mass is 320 g/mol. The Morgan fingerprint density at radius 2 is 2.05 bits per heavy atom. The van der Waals surface area contributed by atoms with Crippen LogP contribution in [0.3, 0.4) is 0 Å². The molecule has 0 aromatic carbocycles. The van der Waals surface area contributed by atoms with Crippen LogP contribution in [-0.4, -0.2) is 62.7 Å². The molecule has 0 saturated carbocycles. The highest BCUT2D eigenvalue weighted by atomic mass is 32.2. The van der Waals surface area contributed by atoms with Crippen LogP contribution in [0.2, 0.25) is 0 Å². The zero-order valence-electron chi connectivity index (χ0n) is 13.5. The molecule has 0 aromatic rings. The summed E-state index contributed by atoms with van der Waals surface area (Å²) in [6, 6.07) is 0.0515. The first-order chi connectivity index (χ1) is 9.59. The van der Waals surface area contributed by atoms with Crippen LogP contribution in [0.15, 0.2) is 0 Å². The van der Waals surface area contributed by atoms with Crippen LogP contribution in [0.1, 0.15) is 40.0 Å². The fourth-order valence-corrected chi connectivity index (χ4v) is 3.91. The molecule has 124 valence electrons. The Balaban J connectivity index is 2.20. The molecular formula is C14H28N2O4S. The van der Waals surface area contributed by atoms with Crippen molar-refractivity contribution in [2.24, 2.45) is 0 Å². The molecule has 0 aromatic heterocycles. The van der Waals surface area contributed by atoms with Gasteiger partial charge in [0.25, 0.3) is 0 Å². The second-order valence-corrected chi connectivity index (χ2v) is 8.89. The molecule has 0 bridgehead atoms. The van der Waals surface area contributed by atoms with Crippen molar-refractivity contribution >= 4 is 15.9 Å². The first-order valence-corrected chi connectivity index (χ1v) is 9.29. The molecule has 1 fully saturated rings. The minimum atomic E-state index is -2.87. The Kier molecular flexibility index (Phi) is 6.46. The van der Waals surface area contributed by atoms with Gasteiger partial charge in [-0.1, -0.05) is 0 Å². The quantitative estimate of drug-likeness (QED) is 0.775. The largest absolute Gasteiger partial charge is 0.444 e. The third-order valence-electron chi connectivity index (χ3n) is 3.27. The van der Waals surface area contributed by atoms with Crippen LogP contribution in [0.25, 0.3) is 0 Å². The number of nitrogens with one attached hydrogen (secondary N) is 1. The van der Waals surface area contributed by atoms with E-state index in [2.05, 4.69) is 5.32 Å². The summed E-state index contributed by atoms with van der Waals surface area (Å²) in [7, 11) is -1.16. The third kappa shape index (κ3) is 7.66. The lowest BCUT2D eigenvalue weighted by molar-refractivity contribution is 0.0297. The number of hydrogen-bond donors (Lipinski definition) is 1. The van der Waals surface area contributed by atoms with Crippen LogP contribution in [0.5, 0.6) is 0 Å². The van der Waals surface area contributed by atoms with Crippen molar-refractivity contribution in [1.82, 2.24) is 10.2 Å². The van der Waals surface area contributed by atoms with E-state index in [1.165, 1.54) is 0 Å². The van der Waals surface area contributed by atoms with E-state index < -0.39 is 15.4 Å². The molecule has 7 heteroatoms. The van der Waals surface area contributed by atoms with Crippen molar-refractivity contribution < 1.29 is 17.9 Å². The van der Waals surface area contributed by atoms with Gasteiger partial charge >= 0.3 is 6.09 Å². The zero-order chi connectivity index (χ0) is 16.1.